The topological polar surface area (TPSA) is 72.0 Å². The van der Waals surface area contributed by atoms with E-state index in [1.54, 1.807) is 6.20 Å². The van der Waals surface area contributed by atoms with E-state index < -0.39 is 0 Å². The highest BCUT2D eigenvalue weighted by Crippen LogP contribution is 2.02. The summed E-state index contributed by atoms with van der Waals surface area (Å²) in [7, 11) is 0. The molecular weight excluding hydrogens is 162 g/mol. The zero-order valence-corrected chi connectivity index (χ0v) is 6.92. The Morgan fingerprint density at radius 1 is 1.73 bits per heavy atom. The lowest BCUT2D eigenvalue weighted by molar-refractivity contribution is 0.166. The Hall–Kier alpha value is -0.520. The van der Waals surface area contributed by atoms with Crippen LogP contribution in [0.15, 0.2) is 6.20 Å². The number of rotatable bonds is 4. The van der Waals surface area contributed by atoms with Gasteiger partial charge in [-0.05, 0) is 13.0 Å². The van der Waals surface area contributed by atoms with Crippen LogP contribution in [0.1, 0.15) is 12.1 Å². The predicted molar refractivity (Wildman–Crippen MR) is 43.3 cm³/mol. The second-order valence-corrected chi connectivity index (χ2v) is 2.89. The molecule has 0 radical (unpaired) electrons. The Kier molecular flexibility index (Phi) is 3.41. The molecule has 0 aliphatic rings. The van der Waals surface area contributed by atoms with Crippen molar-refractivity contribution in [3.8, 4) is 0 Å². The summed E-state index contributed by atoms with van der Waals surface area (Å²) in [6.45, 7) is 0.513. The van der Waals surface area contributed by atoms with Gasteiger partial charge in [-0.3, -0.25) is 0 Å². The molecule has 1 atom stereocenters. The van der Waals surface area contributed by atoms with E-state index in [1.807, 2.05) is 0 Å². The van der Waals surface area contributed by atoms with E-state index in [0.29, 0.717) is 19.4 Å². The van der Waals surface area contributed by atoms with Gasteiger partial charge in [-0.25, -0.2) is 0 Å². The molecule has 0 aliphatic heterocycles. The third kappa shape index (κ3) is 2.92. The molecule has 3 N–H and O–H groups in total. The number of nitrogens with zero attached hydrogens (tertiary/aromatic N) is 2. The highest BCUT2D eigenvalue weighted by atomic mass is 32.1. The van der Waals surface area contributed by atoms with Gasteiger partial charge in [-0.2, -0.15) is 8.75 Å². The molecular formula is C6H11N3OS. The molecule has 0 amide bonds. The van der Waals surface area contributed by atoms with Crippen LogP contribution < -0.4 is 5.73 Å². The fraction of sp³-hybridized carbons (Fsp3) is 0.667. The highest BCUT2D eigenvalue weighted by Gasteiger charge is 2.05. The van der Waals surface area contributed by atoms with Crippen molar-refractivity contribution in [2.45, 2.75) is 18.9 Å². The number of hydrogen-bond donors (Lipinski definition) is 2. The molecule has 1 aromatic heterocycles. The highest BCUT2D eigenvalue weighted by molar-refractivity contribution is 6.99. The lowest BCUT2D eigenvalue weighted by atomic mass is 10.1. The van der Waals surface area contributed by atoms with Gasteiger partial charge in [0.1, 0.15) is 0 Å². The molecule has 1 unspecified atom stereocenters. The zero-order chi connectivity index (χ0) is 8.10. The summed E-state index contributed by atoms with van der Waals surface area (Å²) >= 11 is 1.16. The van der Waals surface area contributed by atoms with Crippen LogP contribution in [-0.2, 0) is 6.42 Å². The predicted octanol–water partition coefficient (Wildman–Crippen LogP) is -0.210. The maximum atomic E-state index is 9.28. The van der Waals surface area contributed by atoms with E-state index in [4.69, 9.17) is 5.73 Å². The van der Waals surface area contributed by atoms with Gasteiger partial charge in [0.2, 0.25) is 0 Å². The second kappa shape index (κ2) is 4.38. The molecule has 0 saturated carbocycles. The first-order valence-electron chi connectivity index (χ1n) is 3.47. The smallest absolute Gasteiger partial charge is 0.0768 e. The van der Waals surface area contributed by atoms with Gasteiger partial charge in [-0.1, -0.05) is 0 Å². The van der Waals surface area contributed by atoms with Crippen LogP contribution in [0.3, 0.4) is 0 Å². The second-order valence-electron chi connectivity index (χ2n) is 2.33. The van der Waals surface area contributed by atoms with Gasteiger partial charge in [-0.15, -0.1) is 0 Å². The summed E-state index contributed by atoms with van der Waals surface area (Å²) in [5.41, 5.74) is 6.11. The minimum absolute atomic E-state index is 0.371. The van der Waals surface area contributed by atoms with E-state index in [1.165, 1.54) is 0 Å². The maximum Gasteiger partial charge on any atom is 0.0768 e. The van der Waals surface area contributed by atoms with Crippen molar-refractivity contribution >= 4 is 11.7 Å². The molecule has 1 aromatic rings. The van der Waals surface area contributed by atoms with E-state index in [0.717, 1.165) is 17.4 Å². The Labute approximate surface area is 69.4 Å². The van der Waals surface area contributed by atoms with Gasteiger partial charge >= 0.3 is 0 Å². The van der Waals surface area contributed by atoms with Gasteiger partial charge in [0.15, 0.2) is 0 Å². The summed E-state index contributed by atoms with van der Waals surface area (Å²) in [4.78, 5) is 0. The number of nitrogens with two attached hydrogens (primary N) is 1. The van der Waals surface area contributed by atoms with Crippen LogP contribution in [0.4, 0.5) is 0 Å². The van der Waals surface area contributed by atoms with Crippen LogP contribution in [0.5, 0.6) is 0 Å². The minimum atomic E-state index is -0.371. The van der Waals surface area contributed by atoms with Crippen LogP contribution in [0.25, 0.3) is 0 Å². The fourth-order valence-corrected chi connectivity index (χ4v) is 1.25. The average molecular weight is 173 g/mol. The Bertz CT molecular complexity index is 190. The van der Waals surface area contributed by atoms with Crippen molar-refractivity contribution in [2.75, 3.05) is 6.54 Å². The molecule has 0 saturated heterocycles. The van der Waals surface area contributed by atoms with Crippen LogP contribution >= 0.6 is 11.7 Å². The molecule has 0 aromatic carbocycles. The summed E-state index contributed by atoms with van der Waals surface area (Å²) < 4.78 is 7.79. The zero-order valence-electron chi connectivity index (χ0n) is 6.10. The number of aliphatic hydroxyl groups excluding tert-OH is 1. The van der Waals surface area contributed by atoms with E-state index in [-0.39, 0.29) is 6.10 Å². The number of aromatic nitrogens is 2. The standard InChI is InChI=1S/C6H11N3OS/c7-2-1-6(10)3-5-4-8-11-9-5/h4,6,10H,1-3,7H2. The van der Waals surface area contributed by atoms with Crippen molar-refractivity contribution in [3.05, 3.63) is 11.9 Å². The fourth-order valence-electron chi connectivity index (χ4n) is 0.810. The Morgan fingerprint density at radius 2 is 2.55 bits per heavy atom. The van der Waals surface area contributed by atoms with Gasteiger partial charge in [0.25, 0.3) is 0 Å². The summed E-state index contributed by atoms with van der Waals surface area (Å²) in [6.07, 6.45) is 2.49. The van der Waals surface area contributed by atoms with Gasteiger partial charge < -0.3 is 10.8 Å². The van der Waals surface area contributed by atoms with Crippen molar-refractivity contribution in [1.82, 2.24) is 8.75 Å². The first kappa shape index (κ1) is 8.58. The van der Waals surface area contributed by atoms with Crippen LogP contribution in [0.2, 0.25) is 0 Å². The van der Waals surface area contributed by atoms with Gasteiger partial charge in [0, 0.05) is 6.42 Å². The molecule has 62 valence electrons. The molecule has 4 nitrogen and oxygen atoms in total. The molecule has 1 rings (SSSR count). The third-order valence-electron chi connectivity index (χ3n) is 1.35. The van der Waals surface area contributed by atoms with Crippen LogP contribution in [-0.4, -0.2) is 26.5 Å². The quantitative estimate of drug-likeness (QED) is 0.661. The van der Waals surface area contributed by atoms with Crippen LogP contribution in [0, 0.1) is 0 Å². The minimum Gasteiger partial charge on any atom is -0.393 e. The third-order valence-corrected chi connectivity index (χ3v) is 1.87. The largest absolute Gasteiger partial charge is 0.393 e. The van der Waals surface area contributed by atoms with E-state index in [9.17, 15) is 5.11 Å². The summed E-state index contributed by atoms with van der Waals surface area (Å²) in [5.74, 6) is 0. The van der Waals surface area contributed by atoms with Crippen molar-refractivity contribution in [1.29, 1.82) is 0 Å². The SMILES string of the molecule is NCCC(O)Cc1cnsn1. The Morgan fingerprint density at radius 3 is 3.09 bits per heavy atom. The van der Waals surface area contributed by atoms with Crippen molar-refractivity contribution in [3.63, 3.8) is 0 Å². The molecule has 1 heterocycles. The normalized spacial score (nSPS) is 13.3. The maximum absolute atomic E-state index is 9.28. The lowest BCUT2D eigenvalue weighted by Gasteiger charge is -2.04. The average Bonchev–Trinajstić information content (AvgIpc) is 2.40. The lowest BCUT2D eigenvalue weighted by Crippen LogP contribution is -2.15. The van der Waals surface area contributed by atoms with E-state index in [2.05, 4.69) is 8.75 Å². The van der Waals surface area contributed by atoms with Gasteiger partial charge in [0.05, 0.1) is 29.7 Å². The molecule has 0 bridgehead atoms. The molecule has 0 aliphatic carbocycles. The summed E-state index contributed by atoms with van der Waals surface area (Å²) in [6, 6.07) is 0. The first-order chi connectivity index (χ1) is 5.33. The van der Waals surface area contributed by atoms with Crippen molar-refractivity contribution in [2.24, 2.45) is 5.73 Å². The molecule has 5 heteroatoms. The molecule has 0 fully saturated rings. The van der Waals surface area contributed by atoms with E-state index >= 15 is 0 Å². The number of aliphatic hydroxyl groups is 1. The number of hydrogen-bond acceptors (Lipinski definition) is 5. The first-order valence-corrected chi connectivity index (χ1v) is 4.20. The summed E-state index contributed by atoms with van der Waals surface area (Å²) in [5, 5.41) is 9.28. The molecule has 0 spiro atoms. The Balaban J connectivity index is 2.31. The van der Waals surface area contributed by atoms with Crippen molar-refractivity contribution < 1.29 is 5.11 Å². The molecule has 11 heavy (non-hydrogen) atoms. The monoisotopic (exact) mass is 173 g/mol.